The molecule has 0 bridgehead atoms. The van der Waals surface area contributed by atoms with Crippen LogP contribution in [-0.2, 0) is 14.4 Å². The predicted octanol–water partition coefficient (Wildman–Crippen LogP) is 0.465. The molecule has 1 aromatic rings. The van der Waals surface area contributed by atoms with Crippen LogP contribution in [0, 0.1) is 11.8 Å². The average Bonchev–Trinajstić information content (AvgIpc) is 2.98. The quantitative estimate of drug-likeness (QED) is 0.568. The number of aromatic nitrogens is 2. The highest BCUT2D eigenvalue weighted by atomic mass is 16.2. The minimum absolute atomic E-state index is 0.170. The lowest BCUT2D eigenvalue weighted by Crippen LogP contribution is -2.55. The molecule has 0 N–H and O–H groups in total. The highest BCUT2D eigenvalue weighted by molar-refractivity contribution is 6.08. The lowest BCUT2D eigenvalue weighted by molar-refractivity contribution is -0.151. The number of amides is 3. The summed E-state index contributed by atoms with van der Waals surface area (Å²) in [7, 11) is 0. The van der Waals surface area contributed by atoms with Crippen LogP contribution in [0.25, 0.3) is 0 Å². The zero-order valence-electron chi connectivity index (χ0n) is 15.3. The Morgan fingerprint density at radius 3 is 2.11 bits per heavy atom. The number of rotatable bonds is 3. The first-order valence-corrected chi connectivity index (χ1v) is 9.40. The number of hydrogen-bond donors (Lipinski definition) is 0. The average molecular weight is 369 g/mol. The van der Waals surface area contributed by atoms with E-state index in [0.29, 0.717) is 45.0 Å². The molecule has 2 saturated heterocycles. The van der Waals surface area contributed by atoms with Crippen LogP contribution in [0.15, 0.2) is 30.6 Å². The van der Waals surface area contributed by atoms with Gasteiger partial charge in [-0.05, 0) is 25.8 Å². The summed E-state index contributed by atoms with van der Waals surface area (Å²) >= 11 is 0. The van der Waals surface area contributed by atoms with E-state index in [9.17, 15) is 14.4 Å². The van der Waals surface area contributed by atoms with Crippen molar-refractivity contribution in [1.29, 1.82) is 0 Å². The molecule has 0 saturated carbocycles. The molecule has 0 spiro atoms. The molecule has 0 aromatic carbocycles. The fourth-order valence-electron chi connectivity index (χ4n) is 4.16. The fraction of sp³-hybridized carbons (Fsp3) is 0.526. The first-order chi connectivity index (χ1) is 13.1. The summed E-state index contributed by atoms with van der Waals surface area (Å²) in [5.41, 5.74) is 0. The molecule has 0 unspecified atom stereocenters. The number of piperazine rings is 1. The van der Waals surface area contributed by atoms with Crippen LogP contribution in [0.4, 0.5) is 5.95 Å². The van der Waals surface area contributed by atoms with Gasteiger partial charge in [-0.3, -0.25) is 19.3 Å². The fourth-order valence-corrected chi connectivity index (χ4v) is 4.16. The van der Waals surface area contributed by atoms with Crippen molar-refractivity contribution in [1.82, 2.24) is 19.8 Å². The molecule has 2 aliphatic heterocycles. The maximum Gasteiger partial charge on any atom is 0.245 e. The highest BCUT2D eigenvalue weighted by Crippen LogP contribution is 2.36. The van der Waals surface area contributed by atoms with Gasteiger partial charge in [0.25, 0.3) is 0 Å². The van der Waals surface area contributed by atoms with Crippen molar-refractivity contribution < 1.29 is 14.4 Å². The van der Waals surface area contributed by atoms with Gasteiger partial charge in [0.15, 0.2) is 0 Å². The number of carbonyl (C=O) groups excluding carboxylic acids is 3. The standard InChI is InChI=1S/C19H23N5O3/c1-13(24-17(26)14-5-2-3-6-15(14)18(24)27)16(25)22-9-11-23(12-10-22)19-20-7-4-8-21-19/h2-4,7-8,13-15H,5-6,9-12H2,1H3/t13-,14-,15+/m0/s1. The van der Waals surface area contributed by atoms with E-state index in [0.717, 1.165) is 0 Å². The Labute approximate surface area is 157 Å². The van der Waals surface area contributed by atoms with E-state index < -0.39 is 6.04 Å². The molecule has 2 fully saturated rings. The van der Waals surface area contributed by atoms with Crippen molar-refractivity contribution in [3.05, 3.63) is 30.6 Å². The van der Waals surface area contributed by atoms with E-state index >= 15 is 0 Å². The summed E-state index contributed by atoms with van der Waals surface area (Å²) in [6.45, 7) is 3.95. The number of nitrogens with zero attached hydrogens (tertiary/aromatic N) is 5. The van der Waals surface area contributed by atoms with E-state index in [1.54, 1.807) is 30.3 Å². The summed E-state index contributed by atoms with van der Waals surface area (Å²) in [6, 6.07) is 1.01. The van der Waals surface area contributed by atoms with Crippen LogP contribution in [0.5, 0.6) is 0 Å². The molecular weight excluding hydrogens is 346 g/mol. The van der Waals surface area contributed by atoms with Crippen molar-refractivity contribution in [3.63, 3.8) is 0 Å². The van der Waals surface area contributed by atoms with Crippen LogP contribution in [0.2, 0.25) is 0 Å². The topological polar surface area (TPSA) is 86.7 Å². The van der Waals surface area contributed by atoms with E-state index in [1.807, 2.05) is 17.1 Å². The second-order valence-corrected chi connectivity index (χ2v) is 7.24. The third-order valence-electron chi connectivity index (χ3n) is 5.71. The number of likely N-dealkylation sites (tertiary alicyclic amines) is 1. The van der Waals surface area contributed by atoms with Gasteiger partial charge in [-0.25, -0.2) is 9.97 Å². The van der Waals surface area contributed by atoms with Crippen LogP contribution >= 0.6 is 0 Å². The Hall–Kier alpha value is -2.77. The van der Waals surface area contributed by atoms with Crippen LogP contribution in [0.3, 0.4) is 0 Å². The Morgan fingerprint density at radius 2 is 1.56 bits per heavy atom. The summed E-state index contributed by atoms with van der Waals surface area (Å²) in [4.78, 5) is 51.8. The van der Waals surface area contributed by atoms with Gasteiger partial charge in [0.1, 0.15) is 6.04 Å². The lowest BCUT2D eigenvalue weighted by Gasteiger charge is -2.37. The molecule has 8 heteroatoms. The van der Waals surface area contributed by atoms with Gasteiger partial charge in [0.2, 0.25) is 23.7 Å². The van der Waals surface area contributed by atoms with E-state index in [4.69, 9.17) is 0 Å². The van der Waals surface area contributed by atoms with Crippen molar-refractivity contribution >= 4 is 23.7 Å². The lowest BCUT2D eigenvalue weighted by atomic mass is 9.85. The third kappa shape index (κ3) is 3.09. The number of hydrogen-bond acceptors (Lipinski definition) is 6. The molecule has 27 heavy (non-hydrogen) atoms. The molecule has 1 aromatic heterocycles. The van der Waals surface area contributed by atoms with Crippen molar-refractivity contribution in [3.8, 4) is 0 Å². The monoisotopic (exact) mass is 369 g/mol. The van der Waals surface area contributed by atoms with Gasteiger partial charge in [-0.15, -0.1) is 0 Å². The van der Waals surface area contributed by atoms with Crippen LogP contribution < -0.4 is 4.90 Å². The van der Waals surface area contributed by atoms with Gasteiger partial charge in [-0.2, -0.15) is 0 Å². The number of fused-ring (bicyclic) bond motifs is 1. The SMILES string of the molecule is C[C@@H](C(=O)N1CCN(c2ncccn2)CC1)N1C(=O)[C@H]2CC=CC[C@H]2C1=O. The van der Waals surface area contributed by atoms with E-state index in [2.05, 4.69) is 9.97 Å². The van der Waals surface area contributed by atoms with Gasteiger partial charge in [0.05, 0.1) is 11.8 Å². The molecule has 8 nitrogen and oxygen atoms in total. The largest absolute Gasteiger partial charge is 0.337 e. The number of imide groups is 1. The molecule has 0 radical (unpaired) electrons. The number of anilines is 1. The Balaban J connectivity index is 1.40. The maximum atomic E-state index is 12.9. The summed E-state index contributed by atoms with van der Waals surface area (Å²) in [5.74, 6) is -0.524. The Bertz CT molecular complexity index is 747. The smallest absolute Gasteiger partial charge is 0.245 e. The van der Waals surface area contributed by atoms with Gasteiger partial charge >= 0.3 is 0 Å². The highest BCUT2D eigenvalue weighted by Gasteiger charge is 2.50. The minimum Gasteiger partial charge on any atom is -0.337 e. The molecule has 3 amide bonds. The number of carbonyl (C=O) groups is 3. The molecule has 3 aliphatic rings. The van der Waals surface area contributed by atoms with E-state index in [-0.39, 0.29) is 29.6 Å². The van der Waals surface area contributed by atoms with Gasteiger partial charge in [-0.1, -0.05) is 12.2 Å². The molecular formula is C19H23N5O3. The second kappa shape index (κ2) is 7.09. The van der Waals surface area contributed by atoms with Crippen molar-refractivity contribution in [2.24, 2.45) is 11.8 Å². The third-order valence-corrected chi connectivity index (χ3v) is 5.71. The van der Waals surface area contributed by atoms with E-state index in [1.165, 1.54) is 4.90 Å². The molecule has 4 rings (SSSR count). The molecule has 3 heterocycles. The summed E-state index contributed by atoms with van der Waals surface area (Å²) in [5, 5.41) is 0. The van der Waals surface area contributed by atoms with Crippen molar-refractivity contribution in [2.45, 2.75) is 25.8 Å². The van der Waals surface area contributed by atoms with Crippen LogP contribution in [0.1, 0.15) is 19.8 Å². The summed E-state index contributed by atoms with van der Waals surface area (Å²) in [6.07, 6.45) is 8.47. The molecule has 142 valence electrons. The Kier molecular flexibility index (Phi) is 4.63. The molecule has 3 atom stereocenters. The first kappa shape index (κ1) is 17.6. The van der Waals surface area contributed by atoms with Crippen molar-refractivity contribution in [2.75, 3.05) is 31.1 Å². The van der Waals surface area contributed by atoms with Crippen LogP contribution in [-0.4, -0.2) is 69.7 Å². The molecule has 1 aliphatic carbocycles. The zero-order chi connectivity index (χ0) is 19.0. The summed E-state index contributed by atoms with van der Waals surface area (Å²) < 4.78 is 0. The maximum absolute atomic E-state index is 12.9. The zero-order valence-corrected chi connectivity index (χ0v) is 15.3. The van der Waals surface area contributed by atoms with Gasteiger partial charge < -0.3 is 9.80 Å². The van der Waals surface area contributed by atoms with Gasteiger partial charge in [0, 0.05) is 38.6 Å². The first-order valence-electron chi connectivity index (χ1n) is 9.40. The minimum atomic E-state index is -0.755. The number of allylic oxidation sites excluding steroid dienone is 2. The normalized spacial score (nSPS) is 26.3. The second-order valence-electron chi connectivity index (χ2n) is 7.24. The predicted molar refractivity (Wildman–Crippen MR) is 97.5 cm³/mol. The Morgan fingerprint density at radius 1 is 1.00 bits per heavy atom.